The van der Waals surface area contributed by atoms with Crippen molar-refractivity contribution in [2.24, 2.45) is 0 Å². The Morgan fingerprint density at radius 2 is 2.27 bits per heavy atom. The van der Waals surface area contributed by atoms with E-state index in [4.69, 9.17) is 5.26 Å². The molecule has 3 heteroatoms. The highest BCUT2D eigenvalue weighted by Gasteiger charge is 2.09. The number of anilines is 1. The molecule has 0 saturated heterocycles. The maximum Gasteiger partial charge on any atom is 0.0992 e. The predicted octanol–water partition coefficient (Wildman–Crippen LogP) is 2.75. The molecule has 1 aromatic rings. The molecule has 0 heterocycles. The zero-order valence-corrected chi connectivity index (χ0v) is 10.2. The lowest BCUT2D eigenvalue weighted by molar-refractivity contribution is 0.765. The third kappa shape index (κ3) is 3.17. The van der Waals surface area contributed by atoms with E-state index in [9.17, 15) is 0 Å². The van der Waals surface area contributed by atoms with Gasteiger partial charge in [-0.3, -0.25) is 0 Å². The summed E-state index contributed by atoms with van der Waals surface area (Å²) in [5.74, 6) is 1.09. The lowest BCUT2D eigenvalue weighted by atomic mass is 10.2. The fourth-order valence-corrected chi connectivity index (χ4v) is 2.11. The molecule has 2 nitrogen and oxygen atoms in total. The summed E-state index contributed by atoms with van der Waals surface area (Å²) >= 11 is 1.84. The predicted molar refractivity (Wildman–Crippen MR) is 67.4 cm³/mol. The van der Waals surface area contributed by atoms with E-state index in [-0.39, 0.29) is 0 Å². The van der Waals surface area contributed by atoms with Crippen LogP contribution in [-0.2, 0) is 0 Å². The third-order valence-corrected chi connectivity index (χ3v) is 3.27. The molecule has 0 N–H and O–H groups in total. The average molecular weight is 220 g/mol. The van der Waals surface area contributed by atoms with Gasteiger partial charge in [0.2, 0.25) is 0 Å². The lowest BCUT2D eigenvalue weighted by Gasteiger charge is -2.26. The van der Waals surface area contributed by atoms with Crippen molar-refractivity contribution in [3.8, 4) is 6.07 Å². The molecule has 0 spiro atoms. The molecule has 80 valence electrons. The highest BCUT2D eigenvalue weighted by molar-refractivity contribution is 7.98. The van der Waals surface area contributed by atoms with E-state index in [1.807, 2.05) is 36.0 Å². The number of thioether (sulfide) groups is 1. The van der Waals surface area contributed by atoms with Gasteiger partial charge in [-0.2, -0.15) is 17.0 Å². The highest BCUT2D eigenvalue weighted by Crippen LogP contribution is 2.17. The molecule has 1 unspecified atom stereocenters. The van der Waals surface area contributed by atoms with Crippen LogP contribution in [0.15, 0.2) is 24.3 Å². The van der Waals surface area contributed by atoms with Crippen LogP contribution in [0.25, 0.3) is 0 Å². The van der Waals surface area contributed by atoms with Gasteiger partial charge in [-0.15, -0.1) is 0 Å². The number of hydrogen-bond acceptors (Lipinski definition) is 3. The van der Waals surface area contributed by atoms with Gasteiger partial charge >= 0.3 is 0 Å². The van der Waals surface area contributed by atoms with E-state index < -0.39 is 0 Å². The summed E-state index contributed by atoms with van der Waals surface area (Å²) in [6.07, 6.45) is 2.11. The molecule has 15 heavy (non-hydrogen) atoms. The molecule has 1 aromatic carbocycles. The summed E-state index contributed by atoms with van der Waals surface area (Å²) in [4.78, 5) is 2.21. The highest BCUT2D eigenvalue weighted by atomic mass is 32.2. The minimum absolute atomic E-state index is 0.481. The monoisotopic (exact) mass is 220 g/mol. The van der Waals surface area contributed by atoms with Gasteiger partial charge in [0.05, 0.1) is 11.6 Å². The average Bonchev–Trinajstić information content (AvgIpc) is 2.28. The second-order valence-electron chi connectivity index (χ2n) is 3.58. The molecule has 0 bridgehead atoms. The van der Waals surface area contributed by atoms with E-state index in [0.29, 0.717) is 6.04 Å². The summed E-state index contributed by atoms with van der Waals surface area (Å²) < 4.78 is 0. The summed E-state index contributed by atoms with van der Waals surface area (Å²) in [7, 11) is 2.07. The Balaban J connectivity index is 2.82. The van der Waals surface area contributed by atoms with Gasteiger partial charge in [0.15, 0.2) is 0 Å². The summed E-state index contributed by atoms with van der Waals surface area (Å²) in [6, 6.07) is 10.4. The first-order valence-electron chi connectivity index (χ1n) is 4.91. The SMILES string of the molecule is CSCC(C)N(C)c1cccc(C#N)c1. The molecular formula is C12H16N2S. The largest absolute Gasteiger partial charge is 0.371 e. The molecule has 0 aliphatic heterocycles. The van der Waals surface area contributed by atoms with Crippen molar-refractivity contribution >= 4 is 17.4 Å². The van der Waals surface area contributed by atoms with Crippen LogP contribution in [0, 0.1) is 11.3 Å². The number of rotatable bonds is 4. The van der Waals surface area contributed by atoms with Crippen molar-refractivity contribution in [1.29, 1.82) is 5.26 Å². The van der Waals surface area contributed by atoms with Crippen molar-refractivity contribution in [3.05, 3.63) is 29.8 Å². The second-order valence-corrected chi connectivity index (χ2v) is 4.49. The first-order valence-corrected chi connectivity index (χ1v) is 6.30. The normalized spacial score (nSPS) is 11.9. The van der Waals surface area contributed by atoms with Crippen LogP contribution in [0.1, 0.15) is 12.5 Å². The molecule has 0 aliphatic rings. The van der Waals surface area contributed by atoms with E-state index in [1.54, 1.807) is 0 Å². The Morgan fingerprint density at radius 1 is 1.53 bits per heavy atom. The van der Waals surface area contributed by atoms with Gasteiger partial charge in [-0.25, -0.2) is 0 Å². The minimum Gasteiger partial charge on any atom is -0.371 e. The molecule has 0 amide bonds. The van der Waals surface area contributed by atoms with Crippen molar-refractivity contribution in [2.75, 3.05) is 24.0 Å². The van der Waals surface area contributed by atoms with Gasteiger partial charge in [0.25, 0.3) is 0 Å². The molecule has 1 rings (SSSR count). The summed E-state index contributed by atoms with van der Waals surface area (Å²) in [5.41, 5.74) is 1.83. The first-order chi connectivity index (χ1) is 7.19. The van der Waals surface area contributed by atoms with Crippen molar-refractivity contribution in [3.63, 3.8) is 0 Å². The minimum atomic E-state index is 0.481. The van der Waals surface area contributed by atoms with Crippen LogP contribution >= 0.6 is 11.8 Å². The second kappa shape index (κ2) is 5.67. The van der Waals surface area contributed by atoms with Crippen LogP contribution in [0.3, 0.4) is 0 Å². The van der Waals surface area contributed by atoms with Crippen molar-refractivity contribution in [2.45, 2.75) is 13.0 Å². The molecule has 0 fully saturated rings. The van der Waals surface area contributed by atoms with Crippen LogP contribution in [0.2, 0.25) is 0 Å². The van der Waals surface area contributed by atoms with E-state index in [2.05, 4.69) is 31.2 Å². The standard InChI is InChI=1S/C12H16N2S/c1-10(9-15-3)14(2)12-6-4-5-11(7-12)8-13/h4-7,10H,9H2,1-3H3. The Kier molecular flexibility index (Phi) is 4.51. The van der Waals surface area contributed by atoms with Gasteiger partial charge in [0, 0.05) is 24.5 Å². The maximum atomic E-state index is 8.81. The van der Waals surface area contributed by atoms with Crippen LogP contribution in [0.5, 0.6) is 0 Å². The van der Waals surface area contributed by atoms with Gasteiger partial charge < -0.3 is 4.90 Å². The van der Waals surface area contributed by atoms with Gasteiger partial charge in [-0.1, -0.05) is 6.07 Å². The lowest BCUT2D eigenvalue weighted by Crippen LogP contribution is -2.30. The molecule has 0 saturated carbocycles. The Hall–Kier alpha value is -1.14. The first kappa shape index (κ1) is 11.9. The number of nitrogens with zero attached hydrogens (tertiary/aromatic N) is 2. The van der Waals surface area contributed by atoms with Crippen LogP contribution in [0.4, 0.5) is 5.69 Å². The Morgan fingerprint density at radius 3 is 2.87 bits per heavy atom. The summed E-state index contributed by atoms with van der Waals surface area (Å²) in [6.45, 7) is 2.19. The number of nitriles is 1. The molecular weight excluding hydrogens is 204 g/mol. The third-order valence-electron chi connectivity index (χ3n) is 2.45. The van der Waals surface area contributed by atoms with E-state index in [1.165, 1.54) is 0 Å². The molecule has 0 aliphatic carbocycles. The van der Waals surface area contributed by atoms with E-state index >= 15 is 0 Å². The summed E-state index contributed by atoms with van der Waals surface area (Å²) in [5, 5.41) is 8.81. The van der Waals surface area contributed by atoms with Crippen LogP contribution in [-0.4, -0.2) is 25.1 Å². The number of hydrogen-bond donors (Lipinski definition) is 0. The maximum absolute atomic E-state index is 8.81. The fraction of sp³-hybridized carbons (Fsp3) is 0.417. The van der Waals surface area contributed by atoms with Crippen LogP contribution < -0.4 is 4.90 Å². The zero-order chi connectivity index (χ0) is 11.3. The van der Waals surface area contributed by atoms with Crippen molar-refractivity contribution in [1.82, 2.24) is 0 Å². The van der Waals surface area contributed by atoms with E-state index in [0.717, 1.165) is 17.0 Å². The molecule has 0 radical (unpaired) electrons. The number of benzene rings is 1. The van der Waals surface area contributed by atoms with Crippen molar-refractivity contribution < 1.29 is 0 Å². The van der Waals surface area contributed by atoms with Gasteiger partial charge in [0.1, 0.15) is 0 Å². The molecule has 0 aromatic heterocycles. The zero-order valence-electron chi connectivity index (χ0n) is 9.40. The topological polar surface area (TPSA) is 27.0 Å². The molecule has 1 atom stereocenters. The van der Waals surface area contributed by atoms with Gasteiger partial charge in [-0.05, 0) is 31.4 Å². The Bertz CT molecular complexity index is 357. The quantitative estimate of drug-likeness (QED) is 0.780. The fourth-order valence-electron chi connectivity index (χ4n) is 1.40. The Labute approximate surface area is 95.9 Å². The smallest absolute Gasteiger partial charge is 0.0992 e.